The van der Waals surface area contributed by atoms with Crippen molar-refractivity contribution in [1.82, 2.24) is 14.8 Å². The molecule has 0 aliphatic rings. The number of alkyl halides is 3. The number of rotatable bonds is 4. The molecule has 0 unspecified atom stereocenters. The molecule has 1 aromatic carbocycles. The molecule has 0 fully saturated rings. The zero-order valence-corrected chi connectivity index (χ0v) is 14.4. The predicted molar refractivity (Wildman–Crippen MR) is 87.2 cm³/mol. The number of nitrogens with zero attached hydrogens (tertiary/aromatic N) is 3. The van der Waals surface area contributed by atoms with Crippen molar-refractivity contribution in [3.05, 3.63) is 52.5 Å². The summed E-state index contributed by atoms with van der Waals surface area (Å²) >= 11 is 1.05. The third-order valence-corrected chi connectivity index (χ3v) is 4.60. The molecule has 0 saturated heterocycles. The number of hydrogen-bond donors (Lipinski definition) is 1. The maximum absolute atomic E-state index is 14.3. The van der Waals surface area contributed by atoms with E-state index in [0.29, 0.717) is 16.6 Å². The van der Waals surface area contributed by atoms with E-state index in [1.807, 2.05) is 0 Å². The molecule has 2 aromatic heterocycles. The number of carboxylic acid groups (broad SMARTS) is 1. The van der Waals surface area contributed by atoms with E-state index in [-0.39, 0.29) is 22.9 Å². The molecular weight excluding hydrogens is 390 g/mol. The van der Waals surface area contributed by atoms with Crippen LogP contribution in [0.4, 0.5) is 22.4 Å². The number of carbonyl (C=O) groups is 1. The van der Waals surface area contributed by atoms with Crippen molar-refractivity contribution in [3.63, 3.8) is 0 Å². The second kappa shape index (κ2) is 6.99. The van der Waals surface area contributed by atoms with E-state index < -0.39 is 23.7 Å². The quantitative estimate of drug-likeness (QED) is 0.512. The van der Waals surface area contributed by atoms with Crippen molar-refractivity contribution < 1.29 is 32.2 Å². The molecule has 0 saturated carbocycles. The monoisotopic (exact) mass is 401 g/mol. The van der Waals surface area contributed by atoms with Gasteiger partial charge in [-0.05, 0) is 19.1 Å². The van der Waals surface area contributed by atoms with E-state index in [1.165, 1.54) is 23.1 Å². The van der Waals surface area contributed by atoms with Crippen LogP contribution in [0.1, 0.15) is 16.1 Å². The Morgan fingerprint density at radius 3 is 2.78 bits per heavy atom. The number of aryl methyl sites for hydroxylation is 1. The molecule has 0 spiro atoms. The van der Waals surface area contributed by atoms with Gasteiger partial charge in [0.15, 0.2) is 5.75 Å². The maximum Gasteiger partial charge on any atom is 0.511 e. The molecule has 0 amide bonds. The Morgan fingerprint density at radius 2 is 2.11 bits per heavy atom. The van der Waals surface area contributed by atoms with Crippen LogP contribution in [-0.4, -0.2) is 26.0 Å². The van der Waals surface area contributed by atoms with Crippen LogP contribution in [0, 0.1) is 12.7 Å². The molecule has 0 aliphatic heterocycles. The molecular formula is C16H11F4N3O3S. The van der Waals surface area contributed by atoms with Gasteiger partial charge in [0.25, 0.3) is 0 Å². The van der Waals surface area contributed by atoms with Gasteiger partial charge in [-0.1, -0.05) is 6.07 Å². The first-order valence-corrected chi connectivity index (χ1v) is 8.22. The molecule has 3 aromatic rings. The normalized spacial score (nSPS) is 11.6. The van der Waals surface area contributed by atoms with Crippen molar-refractivity contribution in [2.45, 2.75) is 19.6 Å². The predicted octanol–water partition coefficient (Wildman–Crippen LogP) is 4.58. The van der Waals surface area contributed by atoms with E-state index in [2.05, 4.69) is 14.8 Å². The van der Waals surface area contributed by atoms with Crippen molar-refractivity contribution in [1.29, 1.82) is 0 Å². The largest absolute Gasteiger partial charge is 0.511 e. The van der Waals surface area contributed by atoms with E-state index in [9.17, 15) is 22.4 Å². The van der Waals surface area contributed by atoms with Gasteiger partial charge in [0.05, 0.1) is 30.2 Å². The average Bonchev–Trinajstić information content (AvgIpc) is 3.13. The summed E-state index contributed by atoms with van der Waals surface area (Å²) in [5.74, 6) is -1.36. The smallest absolute Gasteiger partial charge is 0.449 e. The number of hydrogen-bond acceptors (Lipinski definition) is 5. The highest BCUT2D eigenvalue weighted by Crippen LogP contribution is 2.37. The van der Waals surface area contributed by atoms with Gasteiger partial charge in [-0.2, -0.15) is 18.3 Å². The first-order chi connectivity index (χ1) is 12.6. The third kappa shape index (κ3) is 4.08. The molecule has 0 radical (unpaired) electrons. The summed E-state index contributed by atoms with van der Waals surface area (Å²) in [7, 11) is 0. The lowest BCUT2D eigenvalue weighted by molar-refractivity contribution is -0.139. The van der Waals surface area contributed by atoms with Crippen LogP contribution >= 0.6 is 11.3 Å². The standard InChI is InChI=1S/C16H11F4N3O3S/c1-8-12(7-23-6-9(5-21-23)26-15(24)25)22-14(27-8)10-3-2-4-11(13(10)17)16(18,19)20/h2-6H,7H2,1H3,(H,24,25). The number of benzene rings is 1. The Kier molecular flexibility index (Phi) is 4.87. The number of aromatic nitrogens is 3. The first-order valence-electron chi connectivity index (χ1n) is 7.40. The Hall–Kier alpha value is -2.95. The van der Waals surface area contributed by atoms with Gasteiger partial charge in [0, 0.05) is 10.4 Å². The Labute approximate surface area is 153 Å². The molecule has 0 aliphatic carbocycles. The van der Waals surface area contributed by atoms with Crippen LogP contribution in [0.25, 0.3) is 10.6 Å². The van der Waals surface area contributed by atoms with Crippen molar-refractivity contribution in [3.8, 4) is 16.3 Å². The fraction of sp³-hybridized carbons (Fsp3) is 0.188. The lowest BCUT2D eigenvalue weighted by Crippen LogP contribution is -2.08. The Bertz CT molecular complexity index is 997. The topological polar surface area (TPSA) is 77.2 Å². The SMILES string of the molecule is Cc1sc(-c2cccc(C(F)(F)F)c2F)nc1Cn1cc(OC(=O)O)cn1. The van der Waals surface area contributed by atoms with Crippen LogP contribution < -0.4 is 4.74 Å². The molecule has 3 rings (SSSR count). The first kappa shape index (κ1) is 18.8. The van der Waals surface area contributed by atoms with Crippen molar-refractivity contribution >= 4 is 17.5 Å². The average molecular weight is 401 g/mol. The molecule has 0 atom stereocenters. The lowest BCUT2D eigenvalue weighted by Gasteiger charge is -2.09. The molecule has 27 heavy (non-hydrogen) atoms. The van der Waals surface area contributed by atoms with Crippen LogP contribution in [0.15, 0.2) is 30.6 Å². The highest BCUT2D eigenvalue weighted by molar-refractivity contribution is 7.15. The summed E-state index contributed by atoms with van der Waals surface area (Å²) in [4.78, 5) is 15.4. The second-order valence-electron chi connectivity index (χ2n) is 5.43. The van der Waals surface area contributed by atoms with Gasteiger partial charge in [0.1, 0.15) is 10.8 Å². The third-order valence-electron chi connectivity index (χ3n) is 3.55. The van der Waals surface area contributed by atoms with Crippen molar-refractivity contribution in [2.24, 2.45) is 0 Å². The van der Waals surface area contributed by atoms with Gasteiger partial charge in [0.2, 0.25) is 0 Å². The number of ether oxygens (including phenoxy) is 1. The summed E-state index contributed by atoms with van der Waals surface area (Å²) in [5.41, 5.74) is -1.12. The highest BCUT2D eigenvalue weighted by Gasteiger charge is 2.35. The summed E-state index contributed by atoms with van der Waals surface area (Å²) < 4.78 is 58.8. The minimum Gasteiger partial charge on any atom is -0.449 e. The second-order valence-corrected chi connectivity index (χ2v) is 6.63. The summed E-state index contributed by atoms with van der Waals surface area (Å²) in [6.45, 7) is 1.81. The summed E-state index contributed by atoms with van der Waals surface area (Å²) in [5, 5.41) is 12.6. The molecule has 6 nitrogen and oxygen atoms in total. The van der Waals surface area contributed by atoms with Gasteiger partial charge >= 0.3 is 12.3 Å². The van der Waals surface area contributed by atoms with Gasteiger partial charge in [-0.25, -0.2) is 14.2 Å². The van der Waals surface area contributed by atoms with E-state index >= 15 is 0 Å². The van der Waals surface area contributed by atoms with E-state index in [0.717, 1.165) is 17.4 Å². The maximum atomic E-state index is 14.3. The van der Waals surface area contributed by atoms with Gasteiger partial charge < -0.3 is 9.84 Å². The minimum atomic E-state index is -4.80. The molecule has 142 valence electrons. The zero-order chi connectivity index (χ0) is 19.8. The fourth-order valence-corrected chi connectivity index (χ4v) is 3.29. The van der Waals surface area contributed by atoms with Gasteiger partial charge in [-0.3, -0.25) is 4.68 Å². The highest BCUT2D eigenvalue weighted by atomic mass is 32.1. The number of halogens is 4. The fourth-order valence-electron chi connectivity index (χ4n) is 2.34. The number of thiazole rings is 1. The minimum absolute atomic E-state index is 0.0135. The van der Waals surface area contributed by atoms with Crippen LogP contribution in [0.2, 0.25) is 0 Å². The molecule has 1 N–H and O–H groups in total. The van der Waals surface area contributed by atoms with Gasteiger partial charge in [-0.15, -0.1) is 11.3 Å². The van der Waals surface area contributed by atoms with E-state index in [4.69, 9.17) is 5.11 Å². The van der Waals surface area contributed by atoms with Crippen molar-refractivity contribution in [2.75, 3.05) is 0 Å². The van der Waals surface area contributed by atoms with Crippen LogP contribution in [0.3, 0.4) is 0 Å². The zero-order valence-electron chi connectivity index (χ0n) is 13.6. The molecule has 2 heterocycles. The Balaban J connectivity index is 1.89. The van der Waals surface area contributed by atoms with Crippen LogP contribution in [0.5, 0.6) is 5.75 Å². The van der Waals surface area contributed by atoms with E-state index in [1.54, 1.807) is 6.92 Å². The summed E-state index contributed by atoms with van der Waals surface area (Å²) in [6, 6.07) is 3.04. The van der Waals surface area contributed by atoms with Crippen LogP contribution in [-0.2, 0) is 12.7 Å². The summed E-state index contributed by atoms with van der Waals surface area (Å²) in [6.07, 6.45) is -3.76. The molecule has 0 bridgehead atoms. The Morgan fingerprint density at radius 1 is 1.37 bits per heavy atom. The lowest BCUT2D eigenvalue weighted by atomic mass is 10.1. The molecule has 11 heteroatoms.